The van der Waals surface area contributed by atoms with Crippen LogP contribution in [0.3, 0.4) is 0 Å². The topological polar surface area (TPSA) is 138 Å². The third-order valence-corrected chi connectivity index (χ3v) is 6.88. The maximum atomic E-state index is 13.5. The molecule has 186 valence electrons. The van der Waals surface area contributed by atoms with Crippen molar-refractivity contribution in [3.63, 3.8) is 0 Å². The fourth-order valence-corrected chi connectivity index (χ4v) is 5.13. The second-order valence-corrected chi connectivity index (χ2v) is 10.5. The largest absolute Gasteiger partial charge is 0.462 e. The van der Waals surface area contributed by atoms with Crippen molar-refractivity contribution in [3.8, 4) is 5.75 Å². The highest BCUT2D eigenvalue weighted by Gasteiger charge is 2.43. The van der Waals surface area contributed by atoms with E-state index in [-0.39, 0.29) is 31.5 Å². The van der Waals surface area contributed by atoms with Gasteiger partial charge in [-0.15, -0.1) is 0 Å². The second kappa shape index (κ2) is 10.9. The minimum atomic E-state index is -4.07. The Hall–Kier alpha value is -2.43. The van der Waals surface area contributed by atoms with Crippen LogP contribution in [0.5, 0.6) is 5.75 Å². The Morgan fingerprint density at radius 1 is 1.29 bits per heavy atom. The van der Waals surface area contributed by atoms with Crippen molar-refractivity contribution in [2.45, 2.75) is 50.4 Å². The Bertz CT molecular complexity index is 1150. The SMILES string of the molecule is CC(C)OC(=O)[C@H](C)NP(=O)(OC[C@@H]1CC(Cl)(n2ccc(=O)[nH]c2=O)CO1)Oc1ccccc1. The summed E-state index contributed by atoms with van der Waals surface area (Å²) < 4.78 is 36.7. The standard InChI is InChI=1S/C21H27ClN3O8P/c1-14(2)32-19(27)15(3)24-34(29,33-16-7-5-4-6-8-16)31-12-17-11-21(22,13-30-17)25-10-9-18(26)23-20(25)28/h4-10,14-15,17H,11-13H2,1-3H3,(H,24,29)(H,23,26,28)/t15-,17-,21?,34?/m0/s1. The first-order valence-corrected chi connectivity index (χ1v) is 12.5. The number of nitrogens with one attached hydrogen (secondary N) is 2. The van der Waals surface area contributed by atoms with Gasteiger partial charge in [0.1, 0.15) is 16.8 Å². The number of alkyl halides is 1. The molecule has 1 saturated heterocycles. The van der Waals surface area contributed by atoms with Crippen LogP contribution in [0, 0.1) is 0 Å². The van der Waals surface area contributed by atoms with E-state index in [2.05, 4.69) is 10.1 Å². The van der Waals surface area contributed by atoms with Crippen molar-refractivity contribution in [1.29, 1.82) is 0 Å². The van der Waals surface area contributed by atoms with Gasteiger partial charge in [-0.25, -0.2) is 9.36 Å². The smallest absolute Gasteiger partial charge is 0.459 e. The van der Waals surface area contributed by atoms with Gasteiger partial charge in [-0.2, -0.15) is 5.09 Å². The van der Waals surface area contributed by atoms with Crippen molar-refractivity contribution in [2.24, 2.45) is 0 Å². The summed E-state index contributed by atoms with van der Waals surface area (Å²) in [5.41, 5.74) is -1.22. The number of aromatic amines is 1. The minimum absolute atomic E-state index is 0.0527. The summed E-state index contributed by atoms with van der Waals surface area (Å²) in [5.74, 6) is -0.355. The lowest BCUT2D eigenvalue weighted by Gasteiger charge is -2.24. The number of hydrogen-bond acceptors (Lipinski definition) is 8. The molecule has 3 rings (SSSR count). The normalized spacial score (nSPS) is 22.8. The molecule has 0 bridgehead atoms. The van der Waals surface area contributed by atoms with Crippen molar-refractivity contribution in [3.05, 3.63) is 63.4 Å². The molecule has 2 heterocycles. The van der Waals surface area contributed by atoms with Crippen molar-refractivity contribution >= 4 is 25.3 Å². The van der Waals surface area contributed by atoms with Crippen LogP contribution in [-0.2, 0) is 28.4 Å². The number of H-pyrrole nitrogens is 1. The summed E-state index contributed by atoms with van der Waals surface area (Å²) in [6.07, 6.45) is 0.403. The predicted molar refractivity (Wildman–Crippen MR) is 124 cm³/mol. The molecule has 11 nitrogen and oxygen atoms in total. The average molecular weight is 516 g/mol. The van der Waals surface area contributed by atoms with Gasteiger partial charge in [0.15, 0.2) is 0 Å². The number of para-hydroxylation sites is 1. The maximum Gasteiger partial charge on any atom is 0.459 e. The average Bonchev–Trinajstić information content (AvgIpc) is 3.14. The van der Waals surface area contributed by atoms with E-state index in [1.165, 1.54) is 19.2 Å². The highest BCUT2D eigenvalue weighted by Crippen LogP contribution is 2.46. The van der Waals surface area contributed by atoms with Crippen LogP contribution >= 0.6 is 19.3 Å². The first kappa shape index (κ1) is 26.2. The maximum absolute atomic E-state index is 13.5. The van der Waals surface area contributed by atoms with Crippen LogP contribution < -0.4 is 20.9 Å². The monoisotopic (exact) mass is 515 g/mol. The van der Waals surface area contributed by atoms with Crippen LogP contribution in [0.1, 0.15) is 27.2 Å². The van der Waals surface area contributed by atoms with Crippen LogP contribution in [0.15, 0.2) is 52.2 Å². The van der Waals surface area contributed by atoms with Crippen LogP contribution in [0.4, 0.5) is 0 Å². The molecule has 0 spiro atoms. The quantitative estimate of drug-likeness (QED) is 0.277. The van der Waals surface area contributed by atoms with E-state index in [0.29, 0.717) is 0 Å². The molecule has 1 aliphatic heterocycles. The zero-order valence-corrected chi connectivity index (χ0v) is 20.6. The number of carbonyl (C=O) groups is 1. The van der Waals surface area contributed by atoms with Gasteiger partial charge in [0.05, 0.1) is 25.4 Å². The molecular formula is C21H27ClN3O8P. The molecule has 4 atom stereocenters. The number of nitrogens with zero attached hydrogens (tertiary/aromatic N) is 1. The Labute approximate surface area is 200 Å². The van der Waals surface area contributed by atoms with Gasteiger partial charge in [0.25, 0.3) is 5.56 Å². The predicted octanol–water partition coefficient (Wildman–Crippen LogP) is 2.35. The summed E-state index contributed by atoms with van der Waals surface area (Å²) in [7, 11) is -4.07. The van der Waals surface area contributed by atoms with Crippen LogP contribution in [0.2, 0.25) is 0 Å². The molecule has 34 heavy (non-hydrogen) atoms. The molecule has 0 radical (unpaired) electrons. The lowest BCUT2D eigenvalue weighted by atomic mass is 10.2. The summed E-state index contributed by atoms with van der Waals surface area (Å²) in [6, 6.07) is 8.52. The van der Waals surface area contributed by atoms with E-state index < -0.39 is 42.1 Å². The molecule has 0 saturated carbocycles. The fourth-order valence-electron chi connectivity index (χ4n) is 3.24. The molecule has 0 amide bonds. The molecule has 1 aromatic heterocycles. The van der Waals surface area contributed by atoms with Gasteiger partial charge < -0.3 is 14.0 Å². The van der Waals surface area contributed by atoms with Gasteiger partial charge >= 0.3 is 19.4 Å². The second-order valence-electron chi connectivity index (χ2n) is 8.07. The van der Waals surface area contributed by atoms with E-state index in [1.807, 2.05) is 0 Å². The molecule has 2 unspecified atom stereocenters. The summed E-state index contributed by atoms with van der Waals surface area (Å²) in [4.78, 5) is 36.6. The Morgan fingerprint density at radius 2 is 2.00 bits per heavy atom. The van der Waals surface area contributed by atoms with E-state index in [1.54, 1.807) is 44.2 Å². The zero-order chi connectivity index (χ0) is 24.9. The van der Waals surface area contributed by atoms with Gasteiger partial charge in [0, 0.05) is 18.7 Å². The number of hydrogen-bond donors (Lipinski definition) is 2. The molecule has 0 aliphatic carbocycles. The number of ether oxygens (including phenoxy) is 2. The third-order valence-electron chi connectivity index (χ3n) is 4.79. The molecule has 1 aromatic carbocycles. The minimum Gasteiger partial charge on any atom is -0.462 e. The summed E-state index contributed by atoms with van der Waals surface area (Å²) in [6.45, 7) is 4.61. The zero-order valence-electron chi connectivity index (χ0n) is 18.9. The third kappa shape index (κ3) is 6.80. The highest BCUT2D eigenvalue weighted by molar-refractivity contribution is 7.52. The lowest BCUT2D eigenvalue weighted by molar-refractivity contribution is -0.149. The number of carbonyl (C=O) groups excluding carboxylic acids is 1. The van der Waals surface area contributed by atoms with E-state index in [4.69, 9.17) is 30.1 Å². The fraction of sp³-hybridized carbons (Fsp3) is 0.476. The number of esters is 1. The van der Waals surface area contributed by atoms with E-state index >= 15 is 0 Å². The molecular weight excluding hydrogens is 489 g/mol. The number of benzene rings is 1. The number of halogens is 1. The Balaban J connectivity index is 1.71. The first-order chi connectivity index (χ1) is 16.0. The summed E-state index contributed by atoms with van der Waals surface area (Å²) >= 11 is 6.59. The van der Waals surface area contributed by atoms with Gasteiger partial charge in [0.2, 0.25) is 0 Å². The van der Waals surface area contributed by atoms with Gasteiger partial charge in [-0.05, 0) is 32.9 Å². The van der Waals surface area contributed by atoms with Crippen molar-refractivity contribution in [2.75, 3.05) is 13.2 Å². The number of rotatable bonds is 10. The van der Waals surface area contributed by atoms with Gasteiger partial charge in [-0.3, -0.25) is 23.7 Å². The molecule has 13 heteroatoms. The molecule has 2 N–H and O–H groups in total. The highest BCUT2D eigenvalue weighted by atomic mass is 35.5. The molecule has 2 aromatic rings. The Morgan fingerprint density at radius 3 is 2.65 bits per heavy atom. The number of aromatic nitrogens is 2. The lowest BCUT2D eigenvalue weighted by Crippen LogP contribution is -2.40. The molecule has 1 fully saturated rings. The van der Waals surface area contributed by atoms with Crippen molar-refractivity contribution < 1.29 is 27.9 Å². The van der Waals surface area contributed by atoms with E-state index in [9.17, 15) is 18.9 Å². The van der Waals surface area contributed by atoms with Crippen molar-refractivity contribution in [1.82, 2.24) is 14.6 Å². The van der Waals surface area contributed by atoms with Crippen LogP contribution in [0.25, 0.3) is 0 Å². The Kier molecular flexibility index (Phi) is 8.38. The first-order valence-electron chi connectivity index (χ1n) is 10.6. The molecule has 1 aliphatic rings. The van der Waals surface area contributed by atoms with Gasteiger partial charge in [-0.1, -0.05) is 29.8 Å². The van der Waals surface area contributed by atoms with Crippen LogP contribution in [-0.4, -0.2) is 47.0 Å². The summed E-state index contributed by atoms with van der Waals surface area (Å²) in [5, 5.41) is 2.59. The van der Waals surface area contributed by atoms with E-state index in [0.717, 1.165) is 4.57 Å².